The molecule has 1 heterocycles. The predicted octanol–water partition coefficient (Wildman–Crippen LogP) is 5.26. The largest absolute Gasteiger partial charge is 0.391 e. The van der Waals surface area contributed by atoms with E-state index < -0.39 is 45.7 Å². The van der Waals surface area contributed by atoms with Gasteiger partial charge in [0.05, 0.1) is 21.8 Å². The number of hydrogen-bond acceptors (Lipinski definition) is 4. The highest BCUT2D eigenvalue weighted by Crippen LogP contribution is 2.40. The van der Waals surface area contributed by atoms with Crippen LogP contribution < -0.4 is 0 Å². The molecule has 1 saturated carbocycles. The molecule has 0 radical (unpaired) electrons. The fourth-order valence-corrected chi connectivity index (χ4v) is 4.62. The average Bonchev–Trinajstić information content (AvgIpc) is 3.00. The molecular formula is C19H22F5N3O2S. The maximum Gasteiger partial charge on any atom is 0.391 e. The Morgan fingerprint density at radius 2 is 1.73 bits per heavy atom. The number of benzene rings is 1. The van der Waals surface area contributed by atoms with E-state index in [4.69, 9.17) is 9.52 Å². The number of aromatic amines is 1. The maximum absolute atomic E-state index is 13.8. The predicted molar refractivity (Wildman–Crippen MR) is 99.5 cm³/mol. The summed E-state index contributed by atoms with van der Waals surface area (Å²) in [7, 11) is -3.17. The first-order chi connectivity index (χ1) is 13.8. The van der Waals surface area contributed by atoms with Gasteiger partial charge in [-0.3, -0.25) is 0 Å². The molecule has 0 bridgehead atoms. The monoisotopic (exact) mass is 451 g/mol. The second-order valence-corrected chi connectivity index (χ2v) is 9.70. The van der Waals surface area contributed by atoms with E-state index in [1.807, 2.05) is 0 Å². The smallest absolute Gasteiger partial charge is 0.362 e. The van der Waals surface area contributed by atoms with Crippen molar-refractivity contribution in [3.05, 3.63) is 46.9 Å². The van der Waals surface area contributed by atoms with Crippen LogP contribution in [-0.2, 0) is 14.5 Å². The number of nitrogens with one attached hydrogen (secondary N) is 2. The van der Waals surface area contributed by atoms with E-state index in [-0.39, 0.29) is 42.1 Å². The summed E-state index contributed by atoms with van der Waals surface area (Å²) in [4.78, 5) is 7.02. The third-order valence-electron chi connectivity index (χ3n) is 5.13. The van der Waals surface area contributed by atoms with Crippen molar-refractivity contribution >= 4 is 9.73 Å². The van der Waals surface area contributed by atoms with Crippen molar-refractivity contribution in [1.82, 2.24) is 9.97 Å². The van der Waals surface area contributed by atoms with Crippen LogP contribution in [0.5, 0.6) is 0 Å². The molecule has 0 aliphatic heterocycles. The molecule has 2 aromatic rings. The summed E-state index contributed by atoms with van der Waals surface area (Å²) in [5.41, 5.74) is 0.428. The second kappa shape index (κ2) is 8.26. The van der Waals surface area contributed by atoms with Gasteiger partial charge in [0, 0.05) is 18.0 Å². The second-order valence-electron chi connectivity index (χ2n) is 7.63. The van der Waals surface area contributed by atoms with E-state index in [9.17, 15) is 26.2 Å². The lowest BCUT2D eigenvalue weighted by Gasteiger charge is -2.32. The Morgan fingerprint density at radius 3 is 2.20 bits per heavy atom. The number of imidazole rings is 1. The number of nitrogens with zero attached hydrogens (tertiary/aromatic N) is 1. The summed E-state index contributed by atoms with van der Waals surface area (Å²) in [6.07, 6.45) is -4.70. The minimum atomic E-state index is -4.27. The third-order valence-corrected chi connectivity index (χ3v) is 6.26. The minimum absolute atomic E-state index is 0.0104. The molecule has 1 aromatic heterocycles. The molecule has 1 unspecified atom stereocenters. The van der Waals surface area contributed by atoms with E-state index >= 15 is 0 Å². The van der Waals surface area contributed by atoms with Gasteiger partial charge in [0.15, 0.2) is 5.03 Å². The summed E-state index contributed by atoms with van der Waals surface area (Å²) < 4.78 is 92.2. The van der Waals surface area contributed by atoms with Crippen molar-refractivity contribution in [2.45, 2.75) is 56.0 Å². The van der Waals surface area contributed by atoms with E-state index in [2.05, 4.69) is 9.97 Å². The highest BCUT2D eigenvalue weighted by Gasteiger charge is 2.42. The van der Waals surface area contributed by atoms with Gasteiger partial charge in [-0.1, -0.05) is 0 Å². The number of hydrogen-bond donors (Lipinski definition) is 2. The Morgan fingerprint density at radius 1 is 1.17 bits per heavy atom. The van der Waals surface area contributed by atoms with Crippen LogP contribution in [0.1, 0.15) is 48.9 Å². The van der Waals surface area contributed by atoms with Gasteiger partial charge in [-0.2, -0.15) is 13.2 Å². The minimum Gasteiger partial charge on any atom is -0.362 e. The molecule has 0 amide bonds. The maximum atomic E-state index is 13.8. The highest BCUT2D eigenvalue weighted by atomic mass is 32.2. The average molecular weight is 451 g/mol. The number of alkyl halides is 3. The Kier molecular flexibility index (Phi) is 6.24. The quantitative estimate of drug-likeness (QED) is 0.609. The molecule has 0 spiro atoms. The lowest BCUT2D eigenvalue weighted by molar-refractivity contribution is -0.188. The van der Waals surface area contributed by atoms with E-state index in [1.165, 1.54) is 6.26 Å². The van der Waals surface area contributed by atoms with E-state index in [1.54, 1.807) is 6.92 Å². The van der Waals surface area contributed by atoms with Gasteiger partial charge in [0.25, 0.3) is 0 Å². The van der Waals surface area contributed by atoms with E-state index in [0.29, 0.717) is 11.8 Å². The molecule has 1 aliphatic rings. The van der Waals surface area contributed by atoms with Crippen LogP contribution >= 0.6 is 0 Å². The van der Waals surface area contributed by atoms with Gasteiger partial charge < -0.3 is 9.72 Å². The highest BCUT2D eigenvalue weighted by molar-refractivity contribution is 7.91. The van der Waals surface area contributed by atoms with Crippen LogP contribution in [0.15, 0.2) is 23.2 Å². The van der Waals surface area contributed by atoms with E-state index in [0.717, 1.165) is 12.1 Å². The first kappa shape index (κ1) is 22.7. The molecule has 3 rings (SSSR count). The fourth-order valence-electron chi connectivity index (χ4n) is 3.72. The molecule has 30 heavy (non-hydrogen) atoms. The number of aromatic nitrogens is 2. The Labute approximate surface area is 171 Å². The molecule has 11 heteroatoms. The molecule has 2 N–H and O–H groups in total. The first-order valence-corrected chi connectivity index (χ1v) is 11.3. The molecule has 1 aromatic carbocycles. The zero-order valence-electron chi connectivity index (χ0n) is 16.4. The Hall–Kier alpha value is -2.01. The van der Waals surface area contributed by atoms with Gasteiger partial charge in [0.1, 0.15) is 23.6 Å². The summed E-state index contributed by atoms with van der Waals surface area (Å²) in [6, 6.07) is 2.80. The summed E-state index contributed by atoms with van der Waals surface area (Å²) >= 11 is 0. The first-order valence-electron chi connectivity index (χ1n) is 9.33. The van der Waals surface area contributed by atoms with Crippen molar-refractivity contribution in [2.75, 3.05) is 6.26 Å². The van der Waals surface area contributed by atoms with Crippen LogP contribution in [0.3, 0.4) is 0 Å². The third kappa shape index (κ3) is 5.18. The lowest BCUT2D eigenvalue weighted by Crippen LogP contribution is -2.31. The number of ether oxygens (including phenoxy) is 1. The zero-order chi connectivity index (χ0) is 22.3. The number of halogens is 5. The number of aryl methyl sites for hydroxylation is 1. The van der Waals surface area contributed by atoms with Gasteiger partial charge in [-0.25, -0.2) is 22.8 Å². The van der Waals surface area contributed by atoms with Crippen molar-refractivity contribution < 1.29 is 30.9 Å². The number of rotatable bonds is 5. The molecule has 2 atom stereocenters. The van der Waals surface area contributed by atoms with Crippen molar-refractivity contribution in [3.63, 3.8) is 0 Å². The normalized spacial score (nSPS) is 23.2. The Bertz CT molecular complexity index is 991. The summed E-state index contributed by atoms with van der Waals surface area (Å²) in [5, 5.41) is -0.0104. The topological polar surface area (TPSA) is 78.8 Å². The van der Waals surface area contributed by atoms with Crippen molar-refractivity contribution in [1.29, 1.82) is 4.78 Å². The van der Waals surface area contributed by atoms with Crippen molar-refractivity contribution in [2.24, 2.45) is 5.92 Å². The summed E-state index contributed by atoms with van der Waals surface area (Å²) in [5.74, 6) is -2.99. The van der Waals surface area contributed by atoms with Gasteiger partial charge in [-0.15, -0.1) is 0 Å². The van der Waals surface area contributed by atoms with Crippen LogP contribution in [-0.4, -0.2) is 32.7 Å². The van der Waals surface area contributed by atoms with Crippen LogP contribution in [0, 0.1) is 29.3 Å². The molecule has 0 saturated heterocycles. The van der Waals surface area contributed by atoms with Crippen molar-refractivity contribution in [3.8, 4) is 0 Å². The molecule has 5 nitrogen and oxygen atoms in total. The molecule has 1 fully saturated rings. The van der Waals surface area contributed by atoms with Gasteiger partial charge >= 0.3 is 6.18 Å². The standard InChI is InChI=1S/C19H22F5N3O2S/c1-10-18(30(2,25)28)27-17(26-10)16(11-7-13(20)9-14(21)8-11)29-15-5-3-12(4-6-15)19(22,23)24/h7-9,12,15-16,25H,3-6H2,1-2H3,(H,26,27)/t12?,15?,16?,30-/m1/s1. The fraction of sp³-hybridized carbons (Fsp3) is 0.526. The zero-order valence-corrected chi connectivity index (χ0v) is 17.2. The van der Waals surface area contributed by atoms with Crippen LogP contribution in [0.25, 0.3) is 0 Å². The number of H-pyrrole nitrogens is 1. The lowest BCUT2D eigenvalue weighted by atomic mass is 9.87. The van der Waals surface area contributed by atoms with Crippen LogP contribution in [0.4, 0.5) is 22.0 Å². The Balaban J connectivity index is 1.92. The molecular weight excluding hydrogens is 429 g/mol. The summed E-state index contributed by atoms with van der Waals surface area (Å²) in [6.45, 7) is 1.56. The van der Waals surface area contributed by atoms with Crippen LogP contribution in [0.2, 0.25) is 0 Å². The van der Waals surface area contributed by atoms with Gasteiger partial charge in [0.2, 0.25) is 0 Å². The SMILES string of the molecule is Cc1[nH]c(C(OC2CCC(C(F)(F)F)CC2)c2cc(F)cc(F)c2)nc1[S@](C)(=N)=O. The van der Waals surface area contributed by atoms with Gasteiger partial charge in [-0.05, 0) is 50.3 Å². The molecule has 1 aliphatic carbocycles. The molecule has 166 valence electrons.